The molecule has 0 spiro atoms. The number of rotatable bonds is 2. The number of nitrogens with one attached hydrogen (secondary N) is 2. The van der Waals surface area contributed by atoms with Crippen molar-refractivity contribution < 1.29 is 9.18 Å². The number of benzene rings is 2. The Hall–Kier alpha value is -2.87. The Morgan fingerprint density at radius 3 is 2.35 bits per heavy atom. The second kappa shape index (κ2) is 5.85. The van der Waals surface area contributed by atoms with Gasteiger partial charge in [-0.15, -0.1) is 0 Å². The highest BCUT2D eigenvalue weighted by molar-refractivity contribution is 5.99. The van der Waals surface area contributed by atoms with E-state index < -0.39 is 11.8 Å². The van der Waals surface area contributed by atoms with Crippen molar-refractivity contribution in [3.8, 4) is 6.07 Å². The molecule has 0 atom stereocenters. The van der Waals surface area contributed by atoms with E-state index in [9.17, 15) is 9.18 Å². The van der Waals surface area contributed by atoms with Crippen molar-refractivity contribution in [2.45, 2.75) is 6.92 Å². The molecule has 0 aliphatic heterocycles. The largest absolute Gasteiger partial charge is 0.323 e. The van der Waals surface area contributed by atoms with Gasteiger partial charge in [-0.25, -0.2) is 9.18 Å². The first-order chi connectivity index (χ1) is 9.58. The summed E-state index contributed by atoms with van der Waals surface area (Å²) in [7, 11) is 0. The third-order valence-electron chi connectivity index (χ3n) is 2.65. The third kappa shape index (κ3) is 3.33. The van der Waals surface area contributed by atoms with Gasteiger partial charge in [0.15, 0.2) is 0 Å². The number of hydrogen-bond donors (Lipinski definition) is 2. The molecule has 20 heavy (non-hydrogen) atoms. The van der Waals surface area contributed by atoms with Crippen LogP contribution in [0.3, 0.4) is 0 Å². The fourth-order valence-electron chi connectivity index (χ4n) is 1.62. The van der Waals surface area contributed by atoms with E-state index in [1.807, 2.05) is 19.1 Å². The number of aryl methyl sites for hydroxylation is 1. The lowest BCUT2D eigenvalue weighted by molar-refractivity contribution is 0.262. The van der Waals surface area contributed by atoms with Gasteiger partial charge in [-0.1, -0.05) is 17.7 Å². The van der Waals surface area contributed by atoms with E-state index in [0.717, 1.165) is 11.6 Å². The average molecular weight is 269 g/mol. The number of halogens is 1. The van der Waals surface area contributed by atoms with Crippen molar-refractivity contribution in [1.29, 1.82) is 5.26 Å². The van der Waals surface area contributed by atoms with Crippen LogP contribution in [-0.2, 0) is 0 Å². The van der Waals surface area contributed by atoms with Gasteiger partial charge in [0.05, 0.1) is 5.56 Å². The van der Waals surface area contributed by atoms with Crippen molar-refractivity contribution in [2.24, 2.45) is 0 Å². The molecule has 2 aromatic carbocycles. The summed E-state index contributed by atoms with van der Waals surface area (Å²) < 4.78 is 13.1. The molecule has 0 saturated carbocycles. The van der Waals surface area contributed by atoms with Crippen LogP contribution in [0, 0.1) is 24.1 Å². The summed E-state index contributed by atoms with van der Waals surface area (Å²) >= 11 is 0. The molecule has 0 saturated heterocycles. The van der Waals surface area contributed by atoms with Crippen LogP contribution in [0.4, 0.5) is 20.6 Å². The van der Waals surface area contributed by atoms with E-state index in [1.54, 1.807) is 18.2 Å². The Morgan fingerprint density at radius 2 is 1.70 bits per heavy atom. The minimum atomic E-state index is -0.614. The third-order valence-corrected chi connectivity index (χ3v) is 2.65. The Labute approximate surface area is 115 Å². The lowest BCUT2D eigenvalue weighted by Crippen LogP contribution is -2.19. The van der Waals surface area contributed by atoms with Gasteiger partial charge < -0.3 is 10.6 Å². The Balaban J connectivity index is 2.05. The van der Waals surface area contributed by atoms with Crippen molar-refractivity contribution >= 4 is 17.4 Å². The minimum Gasteiger partial charge on any atom is -0.308 e. The lowest BCUT2D eigenvalue weighted by atomic mass is 10.2. The van der Waals surface area contributed by atoms with Crippen LogP contribution in [0.15, 0.2) is 42.5 Å². The SMILES string of the molecule is Cc1ccc(NC(=O)Nc2ccc(F)c(C#N)c2)cc1. The number of carbonyl (C=O) groups excluding carboxylic acids is 1. The van der Waals surface area contributed by atoms with Gasteiger partial charge in [0.1, 0.15) is 11.9 Å². The molecular formula is C15H12FN3O. The fourth-order valence-corrected chi connectivity index (χ4v) is 1.62. The normalized spacial score (nSPS) is 9.65. The molecule has 2 N–H and O–H groups in total. The highest BCUT2D eigenvalue weighted by atomic mass is 19.1. The standard InChI is InChI=1S/C15H12FN3O/c1-10-2-4-12(5-3-10)18-15(20)19-13-6-7-14(16)11(8-13)9-17/h2-8H,1H3,(H2,18,19,20). The molecule has 0 aliphatic carbocycles. The molecule has 100 valence electrons. The monoisotopic (exact) mass is 269 g/mol. The molecule has 5 heteroatoms. The van der Waals surface area contributed by atoms with Gasteiger partial charge in [-0.3, -0.25) is 0 Å². The predicted octanol–water partition coefficient (Wildman–Crippen LogP) is 3.65. The second-order valence-corrected chi connectivity index (χ2v) is 4.25. The summed E-state index contributed by atoms with van der Waals surface area (Å²) in [5, 5.41) is 13.9. The summed E-state index contributed by atoms with van der Waals surface area (Å²) in [6.45, 7) is 1.95. The highest BCUT2D eigenvalue weighted by Gasteiger charge is 2.06. The number of carbonyl (C=O) groups is 1. The minimum absolute atomic E-state index is 0.113. The van der Waals surface area contributed by atoms with Gasteiger partial charge in [0.2, 0.25) is 0 Å². The smallest absolute Gasteiger partial charge is 0.308 e. The summed E-state index contributed by atoms with van der Waals surface area (Å²) in [5.74, 6) is -0.614. The summed E-state index contributed by atoms with van der Waals surface area (Å²) in [4.78, 5) is 11.8. The number of hydrogen-bond acceptors (Lipinski definition) is 2. The van der Waals surface area contributed by atoms with Crippen LogP contribution in [0.2, 0.25) is 0 Å². The van der Waals surface area contributed by atoms with E-state index in [1.165, 1.54) is 12.1 Å². The molecule has 0 radical (unpaired) electrons. The summed E-state index contributed by atoms with van der Waals surface area (Å²) in [6.07, 6.45) is 0. The lowest BCUT2D eigenvalue weighted by Gasteiger charge is -2.08. The number of amides is 2. The van der Waals surface area contributed by atoms with Crippen LogP contribution >= 0.6 is 0 Å². The Kier molecular flexibility index (Phi) is 3.96. The maximum atomic E-state index is 13.1. The van der Waals surface area contributed by atoms with Gasteiger partial charge in [-0.05, 0) is 37.3 Å². The van der Waals surface area contributed by atoms with Crippen molar-refractivity contribution in [3.05, 3.63) is 59.4 Å². The van der Waals surface area contributed by atoms with Crippen LogP contribution in [0.5, 0.6) is 0 Å². The molecule has 2 amide bonds. The van der Waals surface area contributed by atoms with E-state index in [2.05, 4.69) is 10.6 Å². The molecule has 0 unspecified atom stereocenters. The summed E-state index contributed by atoms with van der Waals surface area (Å²) in [6, 6.07) is 12.4. The van der Waals surface area contributed by atoms with Crippen molar-refractivity contribution in [1.82, 2.24) is 0 Å². The first kappa shape index (κ1) is 13.6. The Morgan fingerprint density at radius 1 is 1.10 bits per heavy atom. The molecule has 0 heterocycles. The quantitative estimate of drug-likeness (QED) is 0.874. The summed E-state index contributed by atoms with van der Waals surface area (Å²) in [5.41, 5.74) is 1.98. The molecule has 0 aromatic heterocycles. The Bertz CT molecular complexity index is 675. The molecule has 4 nitrogen and oxygen atoms in total. The molecule has 2 rings (SSSR count). The first-order valence-corrected chi connectivity index (χ1v) is 5.93. The fraction of sp³-hybridized carbons (Fsp3) is 0.0667. The zero-order valence-corrected chi connectivity index (χ0v) is 10.8. The van der Waals surface area contributed by atoms with Crippen molar-refractivity contribution in [3.63, 3.8) is 0 Å². The molecule has 0 aliphatic rings. The van der Waals surface area contributed by atoms with Crippen LogP contribution in [0.1, 0.15) is 11.1 Å². The van der Waals surface area contributed by atoms with E-state index >= 15 is 0 Å². The molecular weight excluding hydrogens is 257 g/mol. The first-order valence-electron chi connectivity index (χ1n) is 5.93. The highest BCUT2D eigenvalue weighted by Crippen LogP contribution is 2.15. The zero-order chi connectivity index (χ0) is 14.5. The van der Waals surface area contributed by atoms with Gasteiger partial charge in [-0.2, -0.15) is 5.26 Å². The molecule has 2 aromatic rings. The van der Waals surface area contributed by atoms with E-state index in [0.29, 0.717) is 11.4 Å². The number of anilines is 2. The zero-order valence-electron chi connectivity index (χ0n) is 10.8. The average Bonchev–Trinajstić information content (AvgIpc) is 2.43. The van der Waals surface area contributed by atoms with Gasteiger partial charge in [0, 0.05) is 11.4 Å². The number of urea groups is 1. The topological polar surface area (TPSA) is 64.9 Å². The second-order valence-electron chi connectivity index (χ2n) is 4.25. The van der Waals surface area contributed by atoms with Crippen LogP contribution < -0.4 is 10.6 Å². The van der Waals surface area contributed by atoms with E-state index in [-0.39, 0.29) is 5.56 Å². The molecule has 0 bridgehead atoms. The molecule has 0 fully saturated rings. The van der Waals surface area contributed by atoms with Crippen LogP contribution in [0.25, 0.3) is 0 Å². The van der Waals surface area contributed by atoms with Crippen molar-refractivity contribution in [2.75, 3.05) is 10.6 Å². The van der Waals surface area contributed by atoms with Gasteiger partial charge >= 0.3 is 6.03 Å². The van der Waals surface area contributed by atoms with E-state index in [4.69, 9.17) is 5.26 Å². The van der Waals surface area contributed by atoms with Crippen LogP contribution in [-0.4, -0.2) is 6.03 Å². The maximum Gasteiger partial charge on any atom is 0.323 e. The number of nitriles is 1. The van der Waals surface area contributed by atoms with Gasteiger partial charge in [0.25, 0.3) is 0 Å². The number of nitrogens with zero attached hydrogens (tertiary/aromatic N) is 1. The predicted molar refractivity (Wildman–Crippen MR) is 74.9 cm³/mol. The maximum absolute atomic E-state index is 13.1.